The molecule has 0 spiro atoms. The normalized spacial score (nSPS) is 12.3. The Bertz CT molecular complexity index is 712. The number of hydrogen-bond acceptors (Lipinski definition) is 0. The van der Waals surface area contributed by atoms with Gasteiger partial charge in [-0.1, -0.05) is 113 Å². The summed E-state index contributed by atoms with van der Waals surface area (Å²) in [6, 6.07) is 9.03. The monoisotopic (exact) mass is 611 g/mol. The Morgan fingerprint density at radius 2 is 0.921 bits per heavy atom. The molecule has 2 heterocycles. The van der Waals surface area contributed by atoms with E-state index in [4.69, 9.17) is 0 Å². The number of nitrogens with zero attached hydrogens (tertiary/aromatic N) is 2. The molecule has 3 heteroatoms. The molecule has 2 aromatic rings. The maximum atomic E-state index is 2.39. The van der Waals surface area contributed by atoms with Crippen molar-refractivity contribution in [2.75, 3.05) is 0 Å². The van der Waals surface area contributed by atoms with Crippen molar-refractivity contribution in [1.82, 2.24) is 0 Å². The minimum absolute atomic E-state index is 0. The van der Waals surface area contributed by atoms with Crippen LogP contribution in [0.4, 0.5) is 0 Å². The predicted octanol–water partition coefficient (Wildman–Crippen LogP) is 11.3. The van der Waals surface area contributed by atoms with Gasteiger partial charge in [0.15, 0.2) is 31.3 Å². The second kappa shape index (κ2) is 29.4. The third-order valence-corrected chi connectivity index (χ3v) is 6.87. The van der Waals surface area contributed by atoms with Crippen molar-refractivity contribution in [2.24, 2.45) is 23.7 Å². The molecule has 0 N–H and O–H groups in total. The van der Waals surface area contributed by atoms with Gasteiger partial charge in [-0.3, -0.25) is 0 Å². The van der Waals surface area contributed by atoms with E-state index in [2.05, 4.69) is 99.7 Å². The molecule has 0 saturated heterocycles. The average Bonchev–Trinajstić information content (AvgIpc) is 2.76. The van der Waals surface area contributed by atoms with Gasteiger partial charge in [0, 0.05) is 69.3 Å². The van der Waals surface area contributed by atoms with Crippen molar-refractivity contribution in [1.29, 1.82) is 0 Å². The molecule has 38 heavy (non-hydrogen) atoms. The van der Waals surface area contributed by atoms with E-state index in [0.717, 1.165) is 36.8 Å². The molecule has 2 nitrogen and oxygen atoms in total. The van der Waals surface area contributed by atoms with Crippen LogP contribution in [-0.4, -0.2) is 0 Å². The van der Waals surface area contributed by atoms with Crippen molar-refractivity contribution in [2.45, 2.75) is 145 Å². The molecule has 0 aliphatic heterocycles. The quantitative estimate of drug-likeness (QED) is 0.199. The van der Waals surface area contributed by atoms with Crippen molar-refractivity contribution in [3.63, 3.8) is 0 Å². The van der Waals surface area contributed by atoms with Crippen LogP contribution in [-0.2, 0) is 45.8 Å². The summed E-state index contributed by atoms with van der Waals surface area (Å²) in [5, 5.41) is 0. The van der Waals surface area contributed by atoms with Crippen LogP contribution in [0.25, 0.3) is 11.1 Å². The smallest absolute Gasteiger partial charge is 0.169 e. The Morgan fingerprint density at radius 1 is 0.526 bits per heavy atom. The maximum Gasteiger partial charge on any atom is 0.169 e. The van der Waals surface area contributed by atoms with Gasteiger partial charge in [-0.05, 0) is 41.7 Å². The molecule has 0 saturated carbocycles. The van der Waals surface area contributed by atoms with Crippen LogP contribution in [0.2, 0.25) is 0 Å². The van der Waals surface area contributed by atoms with E-state index in [1.807, 2.05) is 0 Å². The Morgan fingerprint density at radius 3 is 1.34 bits per heavy atom. The summed E-state index contributed by atoms with van der Waals surface area (Å²) in [5.74, 6) is 3.22. The molecule has 2 rings (SSSR count). The number of hydrogen-bond donors (Lipinski definition) is 0. The van der Waals surface area contributed by atoms with Gasteiger partial charge < -0.3 is 0 Å². The van der Waals surface area contributed by atoms with Crippen LogP contribution < -0.4 is 9.13 Å². The van der Waals surface area contributed by atoms with Crippen LogP contribution in [0.3, 0.4) is 0 Å². The van der Waals surface area contributed by atoms with Crippen LogP contribution >= 0.6 is 0 Å². The summed E-state index contributed by atoms with van der Waals surface area (Å²) in [6.07, 6.45) is 16.8. The summed E-state index contributed by atoms with van der Waals surface area (Å²) >= 11 is 0. The van der Waals surface area contributed by atoms with Gasteiger partial charge in [0.25, 0.3) is 0 Å². The maximum absolute atomic E-state index is 2.39. The van der Waals surface area contributed by atoms with E-state index < -0.39 is 0 Å². The third kappa shape index (κ3) is 20.3. The SMILES string of the molecule is C.C.C.C.C.C.C.CCC(C)CCC(C)C[n+]1ccc(-c2cc[n+](CCC(C)CC(C)CC)cc2)cc1.[Y]. The van der Waals surface area contributed by atoms with Gasteiger partial charge in [0.1, 0.15) is 6.54 Å². The molecule has 0 amide bonds. The van der Waals surface area contributed by atoms with Crippen LogP contribution in [0.5, 0.6) is 0 Å². The van der Waals surface area contributed by atoms with Gasteiger partial charge in [-0.25, -0.2) is 9.13 Å². The van der Waals surface area contributed by atoms with E-state index in [0.29, 0.717) is 0 Å². The topological polar surface area (TPSA) is 7.76 Å². The van der Waals surface area contributed by atoms with Crippen molar-refractivity contribution >= 4 is 0 Å². The second-order valence-electron chi connectivity index (χ2n) is 9.95. The zero-order chi connectivity index (χ0) is 21.9. The second-order valence-corrected chi connectivity index (χ2v) is 9.95. The Labute approximate surface area is 269 Å². The summed E-state index contributed by atoms with van der Waals surface area (Å²) in [7, 11) is 0. The van der Waals surface area contributed by atoms with Gasteiger partial charge in [-0.2, -0.15) is 0 Å². The van der Waals surface area contributed by atoms with E-state index in [-0.39, 0.29) is 84.7 Å². The molecule has 0 bridgehead atoms. The molecular weight excluding hydrogens is 537 g/mol. The fourth-order valence-electron chi connectivity index (χ4n) is 4.14. The first-order valence-corrected chi connectivity index (χ1v) is 12.4. The number of rotatable bonds is 13. The molecular formula is C35H74N2Y+2. The molecule has 4 atom stereocenters. The van der Waals surface area contributed by atoms with Crippen LogP contribution in [0, 0.1) is 23.7 Å². The fraction of sp³-hybridized carbons (Fsp3) is 0.714. The third-order valence-electron chi connectivity index (χ3n) is 6.87. The Balaban J connectivity index is -0.000000240. The van der Waals surface area contributed by atoms with Gasteiger partial charge in [0.05, 0.1) is 0 Å². The molecule has 0 aromatic carbocycles. The molecule has 4 unspecified atom stereocenters. The predicted molar refractivity (Wildman–Crippen MR) is 175 cm³/mol. The number of aromatic nitrogens is 2. The fourth-order valence-corrected chi connectivity index (χ4v) is 4.14. The molecule has 0 aliphatic rings. The standard InChI is InChI=1S/C28H46N2.7CH4.Y/c1-7-23(3)9-10-26(6)22-30-19-14-28(15-20-30)27-12-17-29(18-13-27)16-11-25(5)21-24(4)8-2;;;;;;;;/h12-15,17-20,23-26H,7-11,16,21-22H2,1-6H3;7*1H4;/q+2;;;;;;;;. The van der Waals surface area contributed by atoms with Crippen LogP contribution in [0.15, 0.2) is 49.1 Å². The largest absolute Gasteiger partial charge is 0.205 e. The first-order chi connectivity index (χ1) is 14.4. The van der Waals surface area contributed by atoms with Gasteiger partial charge in [-0.15, -0.1) is 0 Å². The van der Waals surface area contributed by atoms with E-state index in [9.17, 15) is 0 Å². The first-order valence-electron chi connectivity index (χ1n) is 12.4. The molecule has 225 valence electrons. The van der Waals surface area contributed by atoms with Crippen LogP contribution in [0.1, 0.15) is 132 Å². The molecule has 0 aliphatic carbocycles. The number of aryl methyl sites for hydroxylation is 1. The first kappa shape index (κ1) is 53.6. The molecule has 1 radical (unpaired) electrons. The van der Waals surface area contributed by atoms with E-state index >= 15 is 0 Å². The minimum Gasteiger partial charge on any atom is -0.205 e. The summed E-state index contributed by atoms with van der Waals surface area (Å²) in [5.41, 5.74) is 2.60. The van der Waals surface area contributed by atoms with Crippen molar-refractivity contribution < 1.29 is 41.8 Å². The molecule has 0 fully saturated rings. The summed E-state index contributed by atoms with van der Waals surface area (Å²) < 4.78 is 4.67. The molecule has 2 aromatic heterocycles. The van der Waals surface area contributed by atoms with Crippen molar-refractivity contribution in [3.8, 4) is 11.1 Å². The number of pyridine rings is 2. The van der Waals surface area contributed by atoms with E-state index in [1.54, 1.807) is 0 Å². The summed E-state index contributed by atoms with van der Waals surface area (Å²) in [4.78, 5) is 0. The zero-order valence-corrected chi connectivity index (χ0v) is 23.9. The van der Waals surface area contributed by atoms with Crippen molar-refractivity contribution in [3.05, 3.63) is 49.1 Å². The Kier molecular flexibility index (Phi) is 41.5. The minimum atomic E-state index is 0. The summed E-state index contributed by atoms with van der Waals surface area (Å²) in [6.45, 7) is 16.3. The average molecular weight is 612 g/mol. The Hall–Kier alpha value is -0.596. The van der Waals surface area contributed by atoms with E-state index in [1.165, 1.54) is 49.7 Å². The van der Waals surface area contributed by atoms with Gasteiger partial charge >= 0.3 is 0 Å². The van der Waals surface area contributed by atoms with Gasteiger partial charge in [0.2, 0.25) is 0 Å². The zero-order valence-electron chi connectivity index (χ0n) is 21.1.